The molecule has 3 rings (SSSR count). The molecule has 1 aliphatic heterocycles. The number of benzene rings is 2. The summed E-state index contributed by atoms with van der Waals surface area (Å²) in [6.45, 7) is 2.74. The van der Waals surface area contributed by atoms with Crippen molar-refractivity contribution in [3.8, 4) is 17.2 Å². The van der Waals surface area contributed by atoms with Crippen LogP contribution in [0.5, 0.6) is 17.2 Å². The van der Waals surface area contributed by atoms with Gasteiger partial charge in [-0.2, -0.15) is 0 Å². The van der Waals surface area contributed by atoms with Crippen LogP contribution in [0, 0.1) is 0 Å². The molecule has 29 heavy (non-hydrogen) atoms. The van der Waals surface area contributed by atoms with Crippen molar-refractivity contribution in [1.29, 1.82) is 0 Å². The Labute approximate surface area is 176 Å². The lowest BCUT2D eigenvalue weighted by molar-refractivity contribution is 0.0905. The average molecular weight is 419 g/mol. The van der Waals surface area contributed by atoms with Crippen molar-refractivity contribution in [3.63, 3.8) is 0 Å². The zero-order valence-corrected chi connectivity index (χ0v) is 17.8. The van der Waals surface area contributed by atoms with E-state index in [0.717, 1.165) is 37.5 Å². The maximum Gasteiger partial charge on any atom is 0.255 e. The van der Waals surface area contributed by atoms with Crippen LogP contribution in [0.25, 0.3) is 0 Å². The highest BCUT2D eigenvalue weighted by Crippen LogP contribution is 2.39. The van der Waals surface area contributed by atoms with Crippen LogP contribution in [0.15, 0.2) is 36.4 Å². The fraction of sp³-hybridized carbons (Fsp3) is 0.409. The number of nitrogens with zero attached hydrogens (tertiary/aromatic N) is 1. The van der Waals surface area contributed by atoms with E-state index in [-0.39, 0.29) is 11.9 Å². The van der Waals surface area contributed by atoms with E-state index in [1.54, 1.807) is 19.2 Å². The molecule has 1 aliphatic rings. The first kappa shape index (κ1) is 21.3. The molecule has 2 aromatic rings. The Balaban J connectivity index is 1.59. The van der Waals surface area contributed by atoms with E-state index in [2.05, 4.69) is 22.3 Å². The first-order valence-electron chi connectivity index (χ1n) is 9.62. The first-order valence-corrected chi connectivity index (χ1v) is 10.00. The van der Waals surface area contributed by atoms with Crippen molar-refractivity contribution in [2.24, 2.45) is 0 Å². The van der Waals surface area contributed by atoms with Gasteiger partial charge in [-0.1, -0.05) is 23.7 Å². The predicted octanol–water partition coefficient (Wildman–Crippen LogP) is 3.76. The molecular formula is C22H27ClN2O4. The maximum absolute atomic E-state index is 12.9. The Morgan fingerprint density at radius 3 is 2.24 bits per heavy atom. The normalized spacial score (nSPS) is 15.0. The molecule has 0 aromatic heterocycles. The van der Waals surface area contributed by atoms with E-state index in [9.17, 15) is 4.79 Å². The zero-order chi connectivity index (χ0) is 20.8. The van der Waals surface area contributed by atoms with E-state index < -0.39 is 0 Å². The molecule has 0 bridgehead atoms. The fourth-order valence-electron chi connectivity index (χ4n) is 3.63. The highest BCUT2D eigenvalue weighted by Gasteiger charge is 2.25. The zero-order valence-electron chi connectivity index (χ0n) is 17.0. The first-order chi connectivity index (χ1) is 14.0. The molecule has 0 saturated carbocycles. The number of rotatable bonds is 7. The van der Waals surface area contributed by atoms with Crippen LogP contribution < -0.4 is 19.5 Å². The van der Waals surface area contributed by atoms with E-state index >= 15 is 0 Å². The molecular weight excluding hydrogens is 392 g/mol. The van der Waals surface area contributed by atoms with Gasteiger partial charge in [-0.05, 0) is 42.7 Å². The van der Waals surface area contributed by atoms with Gasteiger partial charge in [-0.25, -0.2) is 0 Å². The summed E-state index contributed by atoms with van der Waals surface area (Å²) >= 11 is 5.95. The Kier molecular flexibility index (Phi) is 7.23. The second-order valence-electron chi connectivity index (χ2n) is 7.03. The molecule has 1 N–H and O–H groups in total. The number of amides is 1. The monoisotopic (exact) mass is 418 g/mol. The summed E-state index contributed by atoms with van der Waals surface area (Å²) in [6, 6.07) is 11.5. The lowest BCUT2D eigenvalue weighted by atomic mass is 10.0. The second-order valence-corrected chi connectivity index (χ2v) is 7.47. The Hall–Kier alpha value is -2.44. The van der Waals surface area contributed by atoms with Crippen LogP contribution in [-0.2, 0) is 6.54 Å². The summed E-state index contributed by atoms with van der Waals surface area (Å²) in [4.78, 5) is 15.2. The predicted molar refractivity (Wildman–Crippen MR) is 113 cm³/mol. The lowest BCUT2D eigenvalue weighted by Crippen LogP contribution is -2.44. The number of methoxy groups -OCH3 is 3. The summed E-state index contributed by atoms with van der Waals surface area (Å²) in [7, 11) is 4.59. The number of hydrogen-bond acceptors (Lipinski definition) is 5. The van der Waals surface area contributed by atoms with E-state index in [1.807, 2.05) is 12.1 Å². The standard InChI is InChI=1S/C22H27ClN2O4/c1-27-19-9-8-18(20(28-2)21(19)29-3)22(26)24-17-10-12-25(13-11-17)14-15-4-6-16(23)7-5-15/h4-9,17H,10-14H2,1-3H3,(H,24,26). The fourth-order valence-corrected chi connectivity index (χ4v) is 3.75. The smallest absolute Gasteiger partial charge is 0.255 e. The number of piperidine rings is 1. The minimum atomic E-state index is -0.168. The second kappa shape index (κ2) is 9.85. The number of hydrogen-bond donors (Lipinski definition) is 1. The van der Waals surface area contributed by atoms with Gasteiger partial charge in [0.2, 0.25) is 5.75 Å². The van der Waals surface area contributed by atoms with Crippen LogP contribution >= 0.6 is 11.6 Å². The molecule has 0 spiro atoms. The Morgan fingerprint density at radius 1 is 1.00 bits per heavy atom. The Bertz CT molecular complexity index is 833. The molecule has 1 amide bonds. The number of likely N-dealkylation sites (tertiary alicyclic amines) is 1. The van der Waals surface area contributed by atoms with Crippen LogP contribution in [0.3, 0.4) is 0 Å². The van der Waals surface area contributed by atoms with E-state index in [4.69, 9.17) is 25.8 Å². The number of carbonyl (C=O) groups is 1. The molecule has 7 heteroatoms. The van der Waals surface area contributed by atoms with Gasteiger partial charge >= 0.3 is 0 Å². The van der Waals surface area contributed by atoms with E-state index in [1.165, 1.54) is 19.8 Å². The largest absolute Gasteiger partial charge is 0.493 e. The molecule has 0 aliphatic carbocycles. The van der Waals surface area contributed by atoms with Crippen molar-refractivity contribution in [1.82, 2.24) is 10.2 Å². The van der Waals surface area contributed by atoms with Gasteiger partial charge in [-0.3, -0.25) is 9.69 Å². The number of ether oxygens (including phenoxy) is 3. The molecule has 1 fully saturated rings. The molecule has 1 saturated heterocycles. The molecule has 0 unspecified atom stereocenters. The molecule has 156 valence electrons. The van der Waals surface area contributed by atoms with Gasteiger partial charge in [0.15, 0.2) is 11.5 Å². The average Bonchev–Trinajstić information content (AvgIpc) is 2.75. The molecule has 2 aromatic carbocycles. The van der Waals surface area contributed by atoms with Crippen molar-refractivity contribution in [3.05, 3.63) is 52.5 Å². The van der Waals surface area contributed by atoms with E-state index in [0.29, 0.717) is 22.8 Å². The SMILES string of the molecule is COc1ccc(C(=O)NC2CCN(Cc3ccc(Cl)cc3)CC2)c(OC)c1OC. The highest BCUT2D eigenvalue weighted by atomic mass is 35.5. The number of halogens is 1. The van der Waals surface area contributed by atoms with Crippen LogP contribution in [-0.4, -0.2) is 51.3 Å². The van der Waals surface area contributed by atoms with Crippen LogP contribution in [0.1, 0.15) is 28.8 Å². The summed E-state index contributed by atoms with van der Waals surface area (Å²) in [5.41, 5.74) is 1.68. The van der Waals surface area contributed by atoms with Crippen LogP contribution in [0.4, 0.5) is 0 Å². The summed E-state index contributed by atoms with van der Waals surface area (Å²) in [6.07, 6.45) is 1.80. The third kappa shape index (κ3) is 5.14. The van der Waals surface area contributed by atoms with Crippen molar-refractivity contribution < 1.29 is 19.0 Å². The van der Waals surface area contributed by atoms with Crippen LogP contribution in [0.2, 0.25) is 5.02 Å². The number of nitrogens with one attached hydrogen (secondary N) is 1. The molecule has 1 heterocycles. The molecule has 0 radical (unpaired) electrons. The third-order valence-corrected chi connectivity index (χ3v) is 5.44. The van der Waals surface area contributed by atoms with Gasteiger partial charge in [0.25, 0.3) is 5.91 Å². The lowest BCUT2D eigenvalue weighted by Gasteiger charge is -2.32. The van der Waals surface area contributed by atoms with Crippen molar-refractivity contribution in [2.45, 2.75) is 25.4 Å². The van der Waals surface area contributed by atoms with Gasteiger partial charge in [-0.15, -0.1) is 0 Å². The van der Waals surface area contributed by atoms with Gasteiger partial charge < -0.3 is 19.5 Å². The summed E-state index contributed by atoms with van der Waals surface area (Å²) < 4.78 is 16.1. The maximum atomic E-state index is 12.9. The quantitative estimate of drug-likeness (QED) is 0.741. The van der Waals surface area contributed by atoms with Crippen molar-refractivity contribution >= 4 is 17.5 Å². The summed E-state index contributed by atoms with van der Waals surface area (Å²) in [5.74, 6) is 1.15. The summed E-state index contributed by atoms with van der Waals surface area (Å²) in [5, 5.41) is 3.88. The van der Waals surface area contributed by atoms with Crippen molar-refractivity contribution in [2.75, 3.05) is 34.4 Å². The highest BCUT2D eigenvalue weighted by molar-refractivity contribution is 6.30. The third-order valence-electron chi connectivity index (χ3n) is 5.19. The molecule has 0 atom stereocenters. The Morgan fingerprint density at radius 2 is 1.66 bits per heavy atom. The topological polar surface area (TPSA) is 60.0 Å². The minimum Gasteiger partial charge on any atom is -0.493 e. The number of carbonyl (C=O) groups excluding carboxylic acids is 1. The van der Waals surface area contributed by atoms with Gasteiger partial charge in [0, 0.05) is 30.7 Å². The minimum absolute atomic E-state index is 0.127. The van der Waals surface area contributed by atoms with Gasteiger partial charge in [0.05, 0.1) is 26.9 Å². The molecule has 6 nitrogen and oxygen atoms in total. The van der Waals surface area contributed by atoms with Gasteiger partial charge in [0.1, 0.15) is 0 Å².